The van der Waals surface area contributed by atoms with Crippen LogP contribution in [0.1, 0.15) is 36.0 Å². The molecule has 0 saturated heterocycles. The lowest BCUT2D eigenvalue weighted by Gasteiger charge is -2.40. The molecule has 2 fully saturated rings. The summed E-state index contributed by atoms with van der Waals surface area (Å²) in [6.45, 7) is -0.149. The number of nitrogens with one attached hydrogen (secondary N) is 1. The Bertz CT molecular complexity index is 1310. The molecule has 2 aromatic rings. The van der Waals surface area contributed by atoms with Crippen molar-refractivity contribution in [3.63, 3.8) is 0 Å². The summed E-state index contributed by atoms with van der Waals surface area (Å²) in [6.07, 6.45) is 1.41. The molecule has 4 atom stereocenters. The molecule has 1 amide bonds. The molecule has 2 N–H and O–H groups in total. The van der Waals surface area contributed by atoms with Gasteiger partial charge in [0.25, 0.3) is 5.91 Å². The van der Waals surface area contributed by atoms with E-state index in [4.69, 9.17) is 17.1 Å². The van der Waals surface area contributed by atoms with Gasteiger partial charge in [-0.05, 0) is 61.2 Å². The first-order valence-electron chi connectivity index (χ1n) is 10.7. The van der Waals surface area contributed by atoms with Gasteiger partial charge in [-0.25, -0.2) is 21.6 Å². The van der Waals surface area contributed by atoms with E-state index in [1.807, 2.05) is 0 Å². The molecule has 0 radical (unpaired) electrons. The van der Waals surface area contributed by atoms with E-state index < -0.39 is 55.9 Å². The molecule has 0 aromatic heterocycles. The number of carbonyl (C=O) groups is 1. The SMILES string of the molecule is [N-]=[N+]=NC[C@@]1(O)CC2CC[C@@H](C1)[C@H]2S(=O)(=O)c1cc(C(=O)Nc2cc(F)c(F)c(F)c2)ccc1Cl. The summed E-state index contributed by atoms with van der Waals surface area (Å²) in [5, 5.41) is 15.5. The molecule has 2 aliphatic rings. The minimum absolute atomic E-state index is 0.102. The van der Waals surface area contributed by atoms with Crippen molar-refractivity contribution in [3.05, 3.63) is 68.8 Å². The highest BCUT2D eigenvalue weighted by Gasteiger charge is 2.54. The van der Waals surface area contributed by atoms with Crippen LogP contribution in [0.3, 0.4) is 0 Å². The number of hydrogen-bond acceptors (Lipinski definition) is 5. The Hall–Kier alpha value is -2.79. The maximum atomic E-state index is 13.6. The molecule has 2 saturated carbocycles. The molecular formula is C22H20ClF3N4O4S. The fourth-order valence-corrected chi connectivity index (χ4v) is 8.12. The van der Waals surface area contributed by atoms with Gasteiger partial charge in [-0.1, -0.05) is 16.7 Å². The van der Waals surface area contributed by atoms with Gasteiger partial charge in [-0.2, -0.15) is 0 Å². The number of carbonyl (C=O) groups excluding carboxylic acids is 1. The number of fused-ring (bicyclic) bond motifs is 2. The minimum Gasteiger partial charge on any atom is -0.390 e. The number of azide groups is 1. The first kappa shape index (κ1) is 25.3. The molecule has 2 aromatic carbocycles. The standard InChI is InChI=1S/C22H20ClF3N4O4S/c23-15-4-3-11(21(31)29-14-6-16(24)19(26)17(25)7-14)5-18(15)35(33,34)20-12-1-2-13(20)9-22(32,8-12)10-28-30-27/h3-7,12-13,20,32H,1-2,8-10H2,(H,29,31)/t12-,13?,20+,22-/m0/s1. The van der Waals surface area contributed by atoms with Crippen molar-refractivity contribution < 1.29 is 31.5 Å². The molecule has 35 heavy (non-hydrogen) atoms. The zero-order chi connectivity index (χ0) is 25.5. The molecule has 8 nitrogen and oxygen atoms in total. The van der Waals surface area contributed by atoms with Gasteiger partial charge in [0, 0.05) is 28.3 Å². The molecule has 0 spiro atoms. The normalized spacial score (nSPS) is 25.7. The van der Waals surface area contributed by atoms with Gasteiger partial charge in [0.2, 0.25) is 0 Å². The Morgan fingerprint density at radius 1 is 1.17 bits per heavy atom. The van der Waals surface area contributed by atoms with Crippen molar-refractivity contribution in [1.82, 2.24) is 0 Å². The topological polar surface area (TPSA) is 132 Å². The highest BCUT2D eigenvalue weighted by Crippen LogP contribution is 2.51. The third-order valence-corrected chi connectivity index (χ3v) is 9.53. The van der Waals surface area contributed by atoms with E-state index in [2.05, 4.69) is 15.3 Å². The van der Waals surface area contributed by atoms with E-state index in [9.17, 15) is 31.5 Å². The Morgan fingerprint density at radius 2 is 1.77 bits per heavy atom. The Labute approximate surface area is 203 Å². The molecule has 13 heteroatoms. The lowest BCUT2D eigenvalue weighted by Crippen LogP contribution is -2.47. The number of nitrogens with zero attached hydrogens (tertiary/aromatic N) is 3. The van der Waals surface area contributed by atoms with Crippen molar-refractivity contribution in [2.24, 2.45) is 17.0 Å². The predicted octanol–water partition coefficient (Wildman–Crippen LogP) is 5.01. The minimum atomic E-state index is -4.04. The van der Waals surface area contributed by atoms with Crippen molar-refractivity contribution in [2.45, 2.75) is 41.4 Å². The van der Waals surface area contributed by atoms with Crippen LogP contribution in [0.2, 0.25) is 5.02 Å². The highest BCUT2D eigenvalue weighted by atomic mass is 35.5. The first-order chi connectivity index (χ1) is 16.4. The van der Waals surface area contributed by atoms with Crippen molar-refractivity contribution in [1.29, 1.82) is 0 Å². The van der Waals surface area contributed by atoms with E-state index >= 15 is 0 Å². The number of hydrogen-bond donors (Lipinski definition) is 2. The molecule has 2 aliphatic carbocycles. The molecule has 0 heterocycles. The Morgan fingerprint density at radius 3 is 2.34 bits per heavy atom. The number of aliphatic hydroxyl groups is 1. The van der Waals surface area contributed by atoms with Crippen LogP contribution in [0, 0.1) is 29.3 Å². The van der Waals surface area contributed by atoms with Gasteiger partial charge in [0.15, 0.2) is 27.3 Å². The van der Waals surface area contributed by atoms with E-state index in [0.717, 1.165) is 6.07 Å². The average Bonchev–Trinajstić information content (AvgIpc) is 3.09. The van der Waals surface area contributed by atoms with Crippen LogP contribution in [0.5, 0.6) is 0 Å². The van der Waals surface area contributed by atoms with Crippen LogP contribution < -0.4 is 5.32 Å². The third-order valence-electron chi connectivity index (χ3n) is 6.65. The summed E-state index contributed by atoms with van der Waals surface area (Å²) in [7, 11) is -4.04. The second kappa shape index (κ2) is 9.34. The van der Waals surface area contributed by atoms with Crippen LogP contribution in [0.4, 0.5) is 18.9 Å². The number of sulfone groups is 1. The van der Waals surface area contributed by atoms with Crippen LogP contribution in [-0.4, -0.2) is 36.8 Å². The zero-order valence-electron chi connectivity index (χ0n) is 18.1. The van der Waals surface area contributed by atoms with Gasteiger partial charge >= 0.3 is 0 Å². The van der Waals surface area contributed by atoms with Gasteiger partial charge in [0.05, 0.1) is 27.3 Å². The predicted molar refractivity (Wildman–Crippen MR) is 121 cm³/mol. The van der Waals surface area contributed by atoms with Gasteiger partial charge < -0.3 is 10.4 Å². The molecule has 2 bridgehead atoms. The van der Waals surface area contributed by atoms with Gasteiger partial charge in [-0.15, -0.1) is 0 Å². The van der Waals surface area contributed by atoms with Crippen LogP contribution >= 0.6 is 11.6 Å². The lowest BCUT2D eigenvalue weighted by atomic mass is 9.77. The lowest BCUT2D eigenvalue weighted by molar-refractivity contribution is -0.0105. The van der Waals surface area contributed by atoms with Crippen LogP contribution in [0.25, 0.3) is 10.4 Å². The zero-order valence-corrected chi connectivity index (χ0v) is 19.7. The van der Waals surface area contributed by atoms with E-state index in [1.165, 1.54) is 12.1 Å². The fourth-order valence-electron chi connectivity index (χ4n) is 5.28. The summed E-state index contributed by atoms with van der Waals surface area (Å²) in [6, 6.07) is 4.77. The summed E-state index contributed by atoms with van der Waals surface area (Å²) < 4.78 is 67.4. The summed E-state index contributed by atoms with van der Waals surface area (Å²) in [4.78, 5) is 15.1. The average molecular weight is 529 g/mol. The molecule has 186 valence electrons. The van der Waals surface area contributed by atoms with Crippen molar-refractivity contribution in [3.8, 4) is 0 Å². The molecule has 0 aliphatic heterocycles. The van der Waals surface area contributed by atoms with Crippen molar-refractivity contribution in [2.75, 3.05) is 11.9 Å². The van der Waals surface area contributed by atoms with Gasteiger partial charge in [-0.3, -0.25) is 4.79 Å². The third kappa shape index (κ3) is 4.84. The van der Waals surface area contributed by atoms with Gasteiger partial charge in [0.1, 0.15) is 0 Å². The maximum absolute atomic E-state index is 13.6. The first-order valence-corrected chi connectivity index (χ1v) is 12.6. The quantitative estimate of drug-likeness (QED) is 0.236. The number of benzene rings is 2. The van der Waals surface area contributed by atoms with Crippen LogP contribution in [0.15, 0.2) is 40.3 Å². The fraction of sp³-hybridized carbons (Fsp3) is 0.409. The second-order valence-corrected chi connectivity index (χ2v) is 11.5. The number of halogens is 4. The number of rotatable bonds is 6. The monoisotopic (exact) mass is 528 g/mol. The molecule has 4 rings (SSSR count). The number of anilines is 1. The Kier molecular flexibility index (Phi) is 6.76. The van der Waals surface area contributed by atoms with E-state index in [-0.39, 0.29) is 40.6 Å². The summed E-state index contributed by atoms with van der Waals surface area (Å²) in [5.41, 5.74) is 6.80. The number of amides is 1. The summed E-state index contributed by atoms with van der Waals surface area (Å²) in [5.74, 6) is -6.33. The molecular weight excluding hydrogens is 509 g/mol. The highest BCUT2D eigenvalue weighted by molar-refractivity contribution is 7.92. The maximum Gasteiger partial charge on any atom is 0.255 e. The second-order valence-electron chi connectivity index (χ2n) is 8.98. The Balaban J connectivity index is 1.61. The van der Waals surface area contributed by atoms with E-state index in [1.54, 1.807) is 0 Å². The van der Waals surface area contributed by atoms with Crippen LogP contribution in [-0.2, 0) is 9.84 Å². The smallest absolute Gasteiger partial charge is 0.255 e. The summed E-state index contributed by atoms with van der Waals surface area (Å²) >= 11 is 6.21. The van der Waals surface area contributed by atoms with E-state index in [0.29, 0.717) is 25.0 Å². The van der Waals surface area contributed by atoms with Crippen molar-refractivity contribution >= 4 is 33.0 Å². The molecule has 1 unspecified atom stereocenters. The largest absolute Gasteiger partial charge is 0.390 e.